The molecule has 0 saturated heterocycles. The third kappa shape index (κ3) is 3.23. The zero-order valence-electron chi connectivity index (χ0n) is 11.0. The molecule has 1 aromatic heterocycles. The molecule has 7 heteroatoms. The van der Waals surface area contributed by atoms with E-state index in [1.807, 2.05) is 6.92 Å². The van der Waals surface area contributed by atoms with E-state index in [0.29, 0.717) is 18.4 Å². The first kappa shape index (κ1) is 13.4. The molecule has 1 aliphatic carbocycles. The molecule has 1 atom stereocenters. The topological polar surface area (TPSA) is 76.0 Å². The SMILES string of the molecule is Cc1cc(NS(=O)(=O)C(C)CNC2CC2)nn1C. The minimum atomic E-state index is -3.37. The molecule has 1 aromatic rings. The lowest BCUT2D eigenvalue weighted by Crippen LogP contribution is -2.35. The van der Waals surface area contributed by atoms with Crippen LogP contribution in [0.1, 0.15) is 25.5 Å². The van der Waals surface area contributed by atoms with E-state index < -0.39 is 15.3 Å². The monoisotopic (exact) mass is 272 g/mol. The van der Waals surface area contributed by atoms with Gasteiger partial charge in [-0.15, -0.1) is 0 Å². The van der Waals surface area contributed by atoms with Crippen LogP contribution in [0, 0.1) is 6.92 Å². The van der Waals surface area contributed by atoms with Gasteiger partial charge in [0.15, 0.2) is 5.82 Å². The van der Waals surface area contributed by atoms with E-state index in [4.69, 9.17) is 0 Å². The lowest BCUT2D eigenvalue weighted by Gasteiger charge is -2.13. The van der Waals surface area contributed by atoms with E-state index >= 15 is 0 Å². The summed E-state index contributed by atoms with van der Waals surface area (Å²) in [6.07, 6.45) is 2.30. The molecule has 0 bridgehead atoms. The van der Waals surface area contributed by atoms with Crippen molar-refractivity contribution in [3.8, 4) is 0 Å². The number of sulfonamides is 1. The van der Waals surface area contributed by atoms with Crippen molar-refractivity contribution in [2.24, 2.45) is 7.05 Å². The zero-order valence-corrected chi connectivity index (χ0v) is 11.8. The maximum Gasteiger partial charge on any atom is 0.237 e. The van der Waals surface area contributed by atoms with Crippen LogP contribution in [0.3, 0.4) is 0 Å². The second-order valence-corrected chi connectivity index (χ2v) is 7.03. The number of hydrogen-bond acceptors (Lipinski definition) is 4. The van der Waals surface area contributed by atoms with Crippen molar-refractivity contribution in [2.75, 3.05) is 11.3 Å². The van der Waals surface area contributed by atoms with Crippen molar-refractivity contribution < 1.29 is 8.42 Å². The average molecular weight is 272 g/mol. The van der Waals surface area contributed by atoms with Crippen LogP contribution < -0.4 is 10.0 Å². The minimum Gasteiger partial charge on any atom is -0.313 e. The van der Waals surface area contributed by atoms with E-state index in [0.717, 1.165) is 18.5 Å². The van der Waals surface area contributed by atoms with E-state index in [1.165, 1.54) is 0 Å². The summed E-state index contributed by atoms with van der Waals surface area (Å²) >= 11 is 0. The fourth-order valence-corrected chi connectivity index (χ4v) is 2.49. The number of rotatable bonds is 6. The summed E-state index contributed by atoms with van der Waals surface area (Å²) < 4.78 is 28.3. The fourth-order valence-electron chi connectivity index (χ4n) is 1.59. The third-order valence-corrected chi connectivity index (χ3v) is 4.88. The highest BCUT2D eigenvalue weighted by atomic mass is 32.2. The highest BCUT2D eigenvalue weighted by Gasteiger charge is 2.26. The maximum absolute atomic E-state index is 12.1. The fraction of sp³-hybridized carbons (Fsp3) is 0.727. The van der Waals surface area contributed by atoms with Gasteiger partial charge in [-0.1, -0.05) is 0 Å². The summed E-state index contributed by atoms with van der Waals surface area (Å²) in [5.74, 6) is 0.383. The van der Waals surface area contributed by atoms with E-state index in [1.54, 1.807) is 24.7 Å². The Bertz CT molecular complexity index is 500. The molecule has 0 aliphatic heterocycles. The molecule has 102 valence electrons. The molecule has 1 fully saturated rings. The van der Waals surface area contributed by atoms with Gasteiger partial charge in [-0.05, 0) is 26.7 Å². The van der Waals surface area contributed by atoms with Crippen molar-refractivity contribution in [3.05, 3.63) is 11.8 Å². The minimum absolute atomic E-state index is 0.383. The molecule has 1 heterocycles. The Labute approximate surface area is 108 Å². The van der Waals surface area contributed by atoms with Gasteiger partial charge in [0, 0.05) is 31.4 Å². The summed E-state index contributed by atoms with van der Waals surface area (Å²) in [7, 11) is -1.59. The van der Waals surface area contributed by atoms with Gasteiger partial charge >= 0.3 is 0 Å². The number of nitrogens with zero attached hydrogens (tertiary/aromatic N) is 2. The van der Waals surface area contributed by atoms with Gasteiger partial charge in [0.05, 0.1) is 5.25 Å². The Morgan fingerprint density at radius 1 is 1.56 bits per heavy atom. The Morgan fingerprint density at radius 2 is 2.22 bits per heavy atom. The summed E-state index contributed by atoms with van der Waals surface area (Å²) in [4.78, 5) is 0. The predicted molar refractivity (Wildman–Crippen MR) is 71.0 cm³/mol. The van der Waals surface area contributed by atoms with E-state index in [-0.39, 0.29) is 0 Å². The second-order valence-electron chi connectivity index (χ2n) is 4.93. The molecule has 0 amide bonds. The molecule has 1 unspecified atom stereocenters. The first-order valence-electron chi connectivity index (χ1n) is 6.14. The average Bonchev–Trinajstić information content (AvgIpc) is 3.03. The highest BCUT2D eigenvalue weighted by Crippen LogP contribution is 2.19. The van der Waals surface area contributed by atoms with Crippen LogP contribution in [0.4, 0.5) is 5.82 Å². The molecule has 0 spiro atoms. The Hall–Kier alpha value is -1.08. The standard InChI is InChI=1S/C11H20N4O2S/c1-8-6-11(13-15(8)3)14-18(16,17)9(2)7-12-10-4-5-10/h6,9-10,12H,4-5,7H2,1-3H3,(H,13,14). The normalized spacial score (nSPS) is 17.7. The number of anilines is 1. The second kappa shape index (κ2) is 4.89. The van der Waals surface area contributed by atoms with Crippen LogP contribution in [0.25, 0.3) is 0 Å². The number of hydrogen-bond donors (Lipinski definition) is 2. The van der Waals surface area contributed by atoms with Gasteiger partial charge < -0.3 is 5.32 Å². The van der Waals surface area contributed by atoms with Gasteiger partial charge in [0.25, 0.3) is 0 Å². The van der Waals surface area contributed by atoms with Gasteiger partial charge in [-0.3, -0.25) is 9.40 Å². The third-order valence-electron chi connectivity index (χ3n) is 3.16. The zero-order chi connectivity index (χ0) is 13.3. The summed E-state index contributed by atoms with van der Waals surface area (Å²) in [6.45, 7) is 4.06. The lowest BCUT2D eigenvalue weighted by molar-refractivity contribution is 0.575. The van der Waals surface area contributed by atoms with Crippen LogP contribution in [0.2, 0.25) is 0 Å². The number of aryl methyl sites for hydroxylation is 2. The van der Waals surface area contributed by atoms with Crippen molar-refractivity contribution in [3.63, 3.8) is 0 Å². The first-order valence-corrected chi connectivity index (χ1v) is 7.69. The number of aromatic nitrogens is 2. The molecule has 2 N–H and O–H groups in total. The van der Waals surface area contributed by atoms with Crippen molar-refractivity contribution in [1.29, 1.82) is 0 Å². The van der Waals surface area contributed by atoms with E-state index in [9.17, 15) is 8.42 Å². The highest BCUT2D eigenvalue weighted by molar-refractivity contribution is 7.93. The van der Waals surface area contributed by atoms with Gasteiger partial charge in [-0.25, -0.2) is 8.42 Å². The Balaban J connectivity index is 1.96. The molecular formula is C11H20N4O2S. The van der Waals surface area contributed by atoms with Crippen LogP contribution >= 0.6 is 0 Å². The first-order chi connectivity index (χ1) is 8.38. The predicted octanol–water partition coefficient (Wildman–Crippen LogP) is 0.611. The summed E-state index contributed by atoms with van der Waals surface area (Å²) in [6, 6.07) is 2.23. The van der Waals surface area contributed by atoms with Crippen molar-refractivity contribution in [2.45, 2.75) is 38.0 Å². The van der Waals surface area contributed by atoms with Gasteiger partial charge in [0.2, 0.25) is 10.0 Å². The molecule has 18 heavy (non-hydrogen) atoms. The molecule has 6 nitrogen and oxygen atoms in total. The van der Waals surface area contributed by atoms with E-state index in [2.05, 4.69) is 15.1 Å². The summed E-state index contributed by atoms with van der Waals surface area (Å²) in [5.41, 5.74) is 0.913. The van der Waals surface area contributed by atoms with Crippen LogP contribution in [0.5, 0.6) is 0 Å². The Kier molecular flexibility index (Phi) is 3.63. The van der Waals surface area contributed by atoms with Crippen LogP contribution in [-0.2, 0) is 17.1 Å². The molecule has 1 aliphatic rings. The molecule has 0 aromatic carbocycles. The smallest absolute Gasteiger partial charge is 0.237 e. The largest absolute Gasteiger partial charge is 0.313 e. The molecular weight excluding hydrogens is 252 g/mol. The lowest BCUT2D eigenvalue weighted by atomic mass is 10.4. The maximum atomic E-state index is 12.1. The molecule has 0 radical (unpaired) electrons. The van der Waals surface area contributed by atoms with Crippen molar-refractivity contribution >= 4 is 15.8 Å². The van der Waals surface area contributed by atoms with Gasteiger partial charge in [0.1, 0.15) is 0 Å². The van der Waals surface area contributed by atoms with Gasteiger partial charge in [-0.2, -0.15) is 5.10 Å². The van der Waals surface area contributed by atoms with Crippen LogP contribution in [-0.4, -0.2) is 36.0 Å². The van der Waals surface area contributed by atoms with Crippen molar-refractivity contribution in [1.82, 2.24) is 15.1 Å². The quantitative estimate of drug-likeness (QED) is 0.795. The summed E-state index contributed by atoms with van der Waals surface area (Å²) in [5, 5.41) is 6.84. The molecule has 1 saturated carbocycles. The number of nitrogens with one attached hydrogen (secondary N) is 2. The Morgan fingerprint density at radius 3 is 2.72 bits per heavy atom. The van der Waals surface area contributed by atoms with Crippen LogP contribution in [0.15, 0.2) is 6.07 Å². The molecule has 2 rings (SSSR count).